The van der Waals surface area contributed by atoms with Gasteiger partial charge in [0.25, 0.3) is 5.91 Å². The van der Waals surface area contributed by atoms with Crippen LogP contribution in [0.5, 0.6) is 5.75 Å². The fourth-order valence-electron chi connectivity index (χ4n) is 5.94. The molecule has 1 amide bonds. The molecular weight excluding hydrogens is 492 g/mol. The van der Waals surface area contributed by atoms with Crippen molar-refractivity contribution in [1.82, 2.24) is 20.0 Å². The van der Waals surface area contributed by atoms with Crippen LogP contribution in [0.1, 0.15) is 30.1 Å². The lowest BCUT2D eigenvalue weighted by Crippen LogP contribution is -2.49. The van der Waals surface area contributed by atoms with Crippen LogP contribution in [0.4, 0.5) is 11.6 Å². The average Bonchev–Trinajstić information content (AvgIpc) is 3.51. The maximum atomic E-state index is 13.7. The molecule has 6 rings (SSSR count). The monoisotopic (exact) mass is 530 g/mol. The first-order chi connectivity index (χ1) is 19.2. The van der Waals surface area contributed by atoms with Gasteiger partial charge in [-0.1, -0.05) is 30.3 Å². The number of benzene rings is 2. The molecule has 3 aliphatic rings. The summed E-state index contributed by atoms with van der Waals surface area (Å²) in [6.07, 6.45) is 2.79. The summed E-state index contributed by atoms with van der Waals surface area (Å²) >= 11 is 0. The molecule has 4 heterocycles. The van der Waals surface area contributed by atoms with E-state index >= 15 is 0 Å². The number of amides is 1. The number of nitrogens with zero attached hydrogens (tertiary/aromatic N) is 6. The number of carbonyl (C=O) groups excluding carboxylic acids is 1. The van der Waals surface area contributed by atoms with Gasteiger partial charge in [-0.05, 0) is 48.7 Å². The zero-order valence-electron chi connectivity index (χ0n) is 22.8. The van der Waals surface area contributed by atoms with E-state index in [1.807, 2.05) is 48.2 Å². The van der Waals surface area contributed by atoms with Gasteiger partial charge in [-0.2, -0.15) is 0 Å². The van der Waals surface area contributed by atoms with Crippen LogP contribution < -0.4 is 14.5 Å². The second kappa shape index (κ2) is 11.8. The van der Waals surface area contributed by atoms with Crippen LogP contribution in [-0.4, -0.2) is 104 Å². The van der Waals surface area contributed by atoms with Gasteiger partial charge >= 0.3 is 0 Å². The molecule has 3 fully saturated rings. The first-order valence-electron chi connectivity index (χ1n) is 14.3. The number of piperazine rings is 2. The highest BCUT2D eigenvalue weighted by Crippen LogP contribution is 2.30. The van der Waals surface area contributed by atoms with Crippen molar-refractivity contribution in [3.8, 4) is 5.75 Å². The van der Waals surface area contributed by atoms with Gasteiger partial charge in [0.05, 0.1) is 18.3 Å². The second-order valence-electron chi connectivity index (χ2n) is 10.5. The Morgan fingerprint density at radius 2 is 1.59 bits per heavy atom. The van der Waals surface area contributed by atoms with E-state index in [1.54, 1.807) is 0 Å². The molecule has 206 valence electrons. The third-order valence-corrected chi connectivity index (χ3v) is 8.11. The summed E-state index contributed by atoms with van der Waals surface area (Å²) in [5.74, 6) is 2.47. The first kappa shape index (κ1) is 25.8. The number of fused-ring (bicyclic) bond motifs is 1. The van der Waals surface area contributed by atoms with Crippen LogP contribution in [0, 0.1) is 0 Å². The third-order valence-electron chi connectivity index (χ3n) is 8.11. The Morgan fingerprint density at radius 1 is 0.897 bits per heavy atom. The van der Waals surface area contributed by atoms with Crippen molar-refractivity contribution < 1.29 is 14.3 Å². The lowest BCUT2D eigenvalue weighted by atomic mass is 10.0. The van der Waals surface area contributed by atoms with E-state index in [-0.39, 0.29) is 5.91 Å². The molecule has 0 bridgehead atoms. The lowest BCUT2D eigenvalue weighted by Gasteiger charge is -2.37. The molecule has 0 N–H and O–H groups in total. The van der Waals surface area contributed by atoms with E-state index in [0.717, 1.165) is 74.8 Å². The van der Waals surface area contributed by atoms with Crippen molar-refractivity contribution in [2.24, 2.45) is 0 Å². The van der Waals surface area contributed by atoms with E-state index < -0.39 is 0 Å². The normalized spacial score (nSPS) is 20.5. The Balaban J connectivity index is 1.05. The molecule has 1 atom stereocenters. The number of ether oxygens (including phenoxy) is 2. The van der Waals surface area contributed by atoms with Gasteiger partial charge in [0.2, 0.25) is 0 Å². The van der Waals surface area contributed by atoms with Crippen molar-refractivity contribution in [2.45, 2.75) is 25.9 Å². The van der Waals surface area contributed by atoms with Gasteiger partial charge in [-0.3, -0.25) is 9.69 Å². The summed E-state index contributed by atoms with van der Waals surface area (Å²) in [5.41, 5.74) is 0.656. The van der Waals surface area contributed by atoms with Gasteiger partial charge in [0.1, 0.15) is 5.75 Å². The van der Waals surface area contributed by atoms with E-state index in [2.05, 4.69) is 37.0 Å². The fraction of sp³-hybridized carbons (Fsp3) is 0.500. The minimum absolute atomic E-state index is 0.0231. The summed E-state index contributed by atoms with van der Waals surface area (Å²) < 4.78 is 11.7. The summed E-state index contributed by atoms with van der Waals surface area (Å²) in [5, 5.41) is 11.1. The molecule has 1 unspecified atom stereocenters. The maximum absolute atomic E-state index is 13.7. The van der Waals surface area contributed by atoms with E-state index in [0.29, 0.717) is 37.1 Å². The first-order valence-corrected chi connectivity index (χ1v) is 14.3. The number of hydrogen-bond acceptors (Lipinski definition) is 8. The Labute approximate surface area is 230 Å². The number of rotatable bonds is 7. The van der Waals surface area contributed by atoms with Crippen LogP contribution in [0.15, 0.2) is 48.5 Å². The van der Waals surface area contributed by atoms with E-state index in [4.69, 9.17) is 9.47 Å². The van der Waals surface area contributed by atoms with Crippen LogP contribution >= 0.6 is 0 Å². The molecule has 39 heavy (non-hydrogen) atoms. The highest BCUT2D eigenvalue weighted by atomic mass is 16.5. The molecule has 9 nitrogen and oxygen atoms in total. The summed E-state index contributed by atoms with van der Waals surface area (Å²) in [6, 6.07) is 16.1. The highest BCUT2D eigenvalue weighted by molar-refractivity contribution is 6.09. The number of anilines is 2. The van der Waals surface area contributed by atoms with Crippen molar-refractivity contribution in [3.05, 3.63) is 54.1 Å². The summed E-state index contributed by atoms with van der Waals surface area (Å²) in [6.45, 7) is 11.1. The molecule has 0 radical (unpaired) electrons. The second-order valence-corrected chi connectivity index (χ2v) is 10.5. The minimum Gasteiger partial charge on any atom is -0.493 e. The molecule has 0 saturated carbocycles. The van der Waals surface area contributed by atoms with Crippen LogP contribution in [0.2, 0.25) is 0 Å². The molecule has 3 aliphatic heterocycles. The predicted molar refractivity (Wildman–Crippen MR) is 153 cm³/mol. The number of hydrogen-bond donors (Lipinski definition) is 0. The number of aromatic nitrogens is 2. The quantitative estimate of drug-likeness (QED) is 0.461. The zero-order chi connectivity index (χ0) is 26.6. The van der Waals surface area contributed by atoms with Crippen molar-refractivity contribution in [1.29, 1.82) is 0 Å². The maximum Gasteiger partial charge on any atom is 0.258 e. The SMILES string of the molecule is CCOc1ccc2ccccc2c1C(=O)N1CCN(c2ccc(N3CCN(CC4CCCO4)CC3)nn2)CC1. The third kappa shape index (κ3) is 5.65. The van der Waals surface area contributed by atoms with Crippen LogP contribution in [0.25, 0.3) is 10.8 Å². The average molecular weight is 531 g/mol. The van der Waals surface area contributed by atoms with Gasteiger partial charge in [-0.25, -0.2) is 0 Å². The van der Waals surface area contributed by atoms with E-state index in [9.17, 15) is 4.79 Å². The number of carbonyl (C=O) groups is 1. The van der Waals surface area contributed by atoms with Gasteiger partial charge in [0, 0.05) is 65.5 Å². The predicted octanol–water partition coefficient (Wildman–Crippen LogP) is 3.29. The molecule has 3 saturated heterocycles. The molecule has 1 aromatic heterocycles. The van der Waals surface area contributed by atoms with Gasteiger partial charge in [0.15, 0.2) is 11.6 Å². The molecule has 0 aliphatic carbocycles. The Kier molecular flexibility index (Phi) is 7.78. The highest BCUT2D eigenvalue weighted by Gasteiger charge is 2.27. The molecular formula is C30H38N6O3. The molecule has 3 aromatic rings. The Hall–Kier alpha value is -3.43. The van der Waals surface area contributed by atoms with Crippen LogP contribution in [-0.2, 0) is 4.74 Å². The topological polar surface area (TPSA) is 74.3 Å². The molecule has 2 aromatic carbocycles. The largest absolute Gasteiger partial charge is 0.493 e. The van der Waals surface area contributed by atoms with Gasteiger partial charge < -0.3 is 24.2 Å². The molecule has 9 heteroatoms. The summed E-state index contributed by atoms with van der Waals surface area (Å²) in [4.78, 5) is 22.6. The van der Waals surface area contributed by atoms with Crippen LogP contribution in [0.3, 0.4) is 0 Å². The Morgan fingerprint density at radius 3 is 2.23 bits per heavy atom. The van der Waals surface area contributed by atoms with Gasteiger partial charge in [-0.15, -0.1) is 10.2 Å². The van der Waals surface area contributed by atoms with Crippen molar-refractivity contribution >= 4 is 28.3 Å². The zero-order valence-corrected chi connectivity index (χ0v) is 22.8. The Bertz CT molecular complexity index is 1260. The summed E-state index contributed by atoms with van der Waals surface area (Å²) in [7, 11) is 0. The minimum atomic E-state index is 0.0231. The van der Waals surface area contributed by atoms with E-state index in [1.165, 1.54) is 12.8 Å². The smallest absolute Gasteiger partial charge is 0.258 e. The van der Waals surface area contributed by atoms with Crippen molar-refractivity contribution in [3.63, 3.8) is 0 Å². The lowest BCUT2D eigenvalue weighted by molar-refractivity contribution is 0.0712. The standard InChI is InChI=1S/C30H38N6O3/c1-2-38-26-10-9-23-6-3-4-8-25(23)29(26)30(37)36-19-17-35(18-20-36)28-12-11-27(31-32-28)34-15-13-33(14-16-34)22-24-7-5-21-39-24/h3-4,6,8-12,24H,2,5,7,13-22H2,1H3. The molecule has 0 spiro atoms. The fourth-order valence-corrected chi connectivity index (χ4v) is 5.94. The van der Waals surface area contributed by atoms with Crippen molar-refractivity contribution in [2.75, 3.05) is 81.9 Å².